The number of halogens is 3. The van der Waals surface area contributed by atoms with Gasteiger partial charge in [0.05, 0.1) is 34.3 Å². The normalized spacial score (nSPS) is 11.9. The molecule has 0 saturated heterocycles. The Hall–Kier alpha value is -4.14. The Morgan fingerprint density at radius 3 is 2.31 bits per heavy atom. The van der Waals surface area contributed by atoms with Crippen LogP contribution in [0.2, 0.25) is 0 Å². The molecule has 6 nitrogen and oxygen atoms in total. The van der Waals surface area contributed by atoms with Gasteiger partial charge in [0.25, 0.3) is 0 Å². The van der Waals surface area contributed by atoms with Crippen molar-refractivity contribution < 1.29 is 23.0 Å². The van der Waals surface area contributed by atoms with Gasteiger partial charge in [-0.05, 0) is 62.4 Å². The number of imidazole rings is 1. The summed E-state index contributed by atoms with van der Waals surface area (Å²) in [5, 5.41) is 9.62. The van der Waals surface area contributed by atoms with Crippen molar-refractivity contribution in [1.29, 1.82) is 0 Å². The highest BCUT2D eigenvalue weighted by atomic mass is 19.4. The number of aliphatic hydroxyl groups is 1. The maximum absolute atomic E-state index is 13.3. The number of aromatic amines is 1. The van der Waals surface area contributed by atoms with E-state index in [0.29, 0.717) is 22.8 Å². The number of benzene rings is 1. The van der Waals surface area contributed by atoms with E-state index in [1.807, 2.05) is 38.1 Å². The van der Waals surface area contributed by atoms with Gasteiger partial charge in [0, 0.05) is 23.5 Å². The molecule has 0 aliphatic heterocycles. The van der Waals surface area contributed by atoms with E-state index in [9.17, 15) is 18.3 Å². The Bertz CT molecular complexity index is 1330. The van der Waals surface area contributed by atoms with Crippen LogP contribution in [0.15, 0.2) is 79.5 Å². The minimum atomic E-state index is -4.53. The molecule has 1 aromatic carbocycles. The molecule has 180 valence electrons. The zero-order chi connectivity index (χ0) is 25.2. The number of nitrogens with one attached hydrogen (secondary N) is 1. The first-order chi connectivity index (χ1) is 16.5. The molecule has 2 N–H and O–H groups in total. The van der Waals surface area contributed by atoms with Crippen LogP contribution in [0.25, 0.3) is 34.0 Å². The van der Waals surface area contributed by atoms with Gasteiger partial charge in [-0.2, -0.15) is 13.2 Å². The van der Waals surface area contributed by atoms with E-state index < -0.39 is 17.2 Å². The number of pyridine rings is 2. The van der Waals surface area contributed by atoms with Gasteiger partial charge in [-0.25, -0.2) is 4.98 Å². The van der Waals surface area contributed by atoms with Gasteiger partial charge in [0.15, 0.2) is 0 Å². The first kappa shape index (κ1) is 24.0. The molecule has 0 aliphatic rings. The summed E-state index contributed by atoms with van der Waals surface area (Å²) in [6, 6.07) is 13.2. The molecule has 3 heterocycles. The molecule has 0 atom stereocenters. The summed E-state index contributed by atoms with van der Waals surface area (Å²) in [6.07, 6.45) is -0.294. The van der Waals surface area contributed by atoms with Crippen molar-refractivity contribution in [2.24, 2.45) is 5.41 Å². The van der Waals surface area contributed by atoms with Crippen molar-refractivity contribution in [3.63, 3.8) is 0 Å². The fourth-order valence-electron chi connectivity index (χ4n) is 3.21. The first-order valence-corrected chi connectivity index (χ1v) is 10.7. The maximum Gasteiger partial charge on any atom is 0.418 e. The van der Waals surface area contributed by atoms with Crippen LogP contribution >= 0.6 is 0 Å². The molecule has 9 heteroatoms. The van der Waals surface area contributed by atoms with Gasteiger partial charge in [0.2, 0.25) is 0 Å². The Balaban J connectivity index is 1.49. The molecule has 0 amide bonds. The van der Waals surface area contributed by atoms with Crippen LogP contribution in [0.3, 0.4) is 0 Å². The lowest BCUT2D eigenvalue weighted by Gasteiger charge is -2.23. The van der Waals surface area contributed by atoms with Crippen LogP contribution in [0.4, 0.5) is 13.2 Å². The number of hydrogen-bond acceptors (Lipinski definition) is 5. The average molecular weight is 480 g/mol. The van der Waals surface area contributed by atoms with Gasteiger partial charge in [-0.1, -0.05) is 6.58 Å². The summed E-state index contributed by atoms with van der Waals surface area (Å²) in [5.41, 5.74) is 0.750. The van der Waals surface area contributed by atoms with E-state index in [0.717, 1.165) is 11.6 Å². The summed E-state index contributed by atoms with van der Waals surface area (Å²) in [5.74, 6) is 1.09. The summed E-state index contributed by atoms with van der Waals surface area (Å²) in [4.78, 5) is 15.5. The summed E-state index contributed by atoms with van der Waals surface area (Å²) < 4.78 is 45.7. The number of aromatic nitrogens is 4. The second-order valence-corrected chi connectivity index (χ2v) is 8.62. The quantitative estimate of drug-likeness (QED) is 0.288. The van der Waals surface area contributed by atoms with Crippen molar-refractivity contribution >= 4 is 0 Å². The Morgan fingerprint density at radius 2 is 1.69 bits per heavy atom. The van der Waals surface area contributed by atoms with Crippen molar-refractivity contribution in [3.8, 4) is 39.8 Å². The third-order valence-electron chi connectivity index (χ3n) is 5.51. The lowest BCUT2D eigenvalue weighted by atomic mass is 9.93. The Labute approximate surface area is 200 Å². The fourth-order valence-corrected chi connectivity index (χ4v) is 3.21. The zero-order valence-electron chi connectivity index (χ0n) is 19.1. The predicted molar refractivity (Wildman–Crippen MR) is 127 cm³/mol. The van der Waals surface area contributed by atoms with Gasteiger partial charge < -0.3 is 14.8 Å². The van der Waals surface area contributed by atoms with Crippen LogP contribution in [0.1, 0.15) is 19.4 Å². The molecule has 0 bridgehead atoms. The van der Waals surface area contributed by atoms with E-state index in [4.69, 9.17) is 4.74 Å². The van der Waals surface area contributed by atoms with Crippen LogP contribution in [0.5, 0.6) is 5.75 Å². The molecular weight excluding hydrogens is 457 g/mol. The molecule has 0 aliphatic carbocycles. The summed E-state index contributed by atoms with van der Waals surface area (Å²) in [7, 11) is 0. The molecular formula is C26H23F3N4O2. The van der Waals surface area contributed by atoms with E-state index in [1.165, 1.54) is 18.5 Å². The highest BCUT2D eigenvalue weighted by molar-refractivity contribution is 5.67. The minimum absolute atomic E-state index is 0.0583. The lowest BCUT2D eigenvalue weighted by molar-refractivity contribution is -0.137. The highest BCUT2D eigenvalue weighted by Crippen LogP contribution is 2.35. The van der Waals surface area contributed by atoms with Crippen LogP contribution in [0, 0.1) is 5.41 Å². The van der Waals surface area contributed by atoms with Crippen molar-refractivity contribution in [2.75, 3.05) is 6.61 Å². The van der Waals surface area contributed by atoms with E-state index in [2.05, 4.69) is 26.5 Å². The van der Waals surface area contributed by atoms with Gasteiger partial charge >= 0.3 is 6.18 Å². The minimum Gasteiger partial charge on any atom is -0.512 e. The third-order valence-corrected chi connectivity index (χ3v) is 5.51. The van der Waals surface area contributed by atoms with Gasteiger partial charge in [-0.3, -0.25) is 9.97 Å². The molecule has 4 aromatic rings. The second-order valence-electron chi connectivity index (χ2n) is 8.62. The van der Waals surface area contributed by atoms with E-state index in [-0.39, 0.29) is 23.8 Å². The van der Waals surface area contributed by atoms with E-state index in [1.54, 1.807) is 18.3 Å². The first-order valence-electron chi connectivity index (χ1n) is 10.7. The number of H-pyrrole nitrogens is 1. The monoisotopic (exact) mass is 480 g/mol. The number of hydrogen-bond donors (Lipinski definition) is 2. The highest BCUT2D eigenvalue weighted by Gasteiger charge is 2.34. The lowest BCUT2D eigenvalue weighted by Crippen LogP contribution is -2.23. The second kappa shape index (κ2) is 9.25. The molecule has 3 aromatic heterocycles. The fraction of sp³-hybridized carbons (Fsp3) is 0.192. The molecule has 0 saturated carbocycles. The Kier molecular flexibility index (Phi) is 6.34. The topological polar surface area (TPSA) is 83.9 Å². The molecule has 35 heavy (non-hydrogen) atoms. The number of aliphatic hydroxyl groups excluding tert-OH is 1. The molecule has 0 unspecified atom stereocenters. The molecule has 4 rings (SSSR count). The van der Waals surface area contributed by atoms with E-state index >= 15 is 0 Å². The van der Waals surface area contributed by atoms with Crippen LogP contribution in [-0.2, 0) is 6.18 Å². The zero-order valence-corrected chi connectivity index (χ0v) is 19.1. The maximum atomic E-state index is 13.3. The van der Waals surface area contributed by atoms with Gasteiger partial charge in [0.1, 0.15) is 23.9 Å². The predicted octanol–water partition coefficient (Wildman–Crippen LogP) is 6.70. The van der Waals surface area contributed by atoms with Gasteiger partial charge in [-0.15, -0.1) is 0 Å². The summed E-state index contributed by atoms with van der Waals surface area (Å²) >= 11 is 0. The third kappa shape index (κ3) is 5.34. The van der Waals surface area contributed by atoms with Crippen LogP contribution in [-0.4, -0.2) is 31.6 Å². The van der Waals surface area contributed by atoms with Crippen molar-refractivity contribution in [1.82, 2.24) is 19.9 Å². The number of alkyl halides is 3. The van der Waals surface area contributed by atoms with Crippen molar-refractivity contribution in [3.05, 3.63) is 85.0 Å². The molecule has 0 spiro atoms. The summed E-state index contributed by atoms with van der Waals surface area (Å²) in [6.45, 7) is 7.52. The van der Waals surface area contributed by atoms with Crippen LogP contribution < -0.4 is 4.74 Å². The Morgan fingerprint density at radius 1 is 0.971 bits per heavy atom. The molecule has 0 fully saturated rings. The SMILES string of the molecule is C=C(O)C(C)(C)COc1ccc(-c2ccc(-c3ncc(-c4ncccc4C(F)(F)F)[nH]3)cn2)cc1. The number of nitrogens with zero attached hydrogens (tertiary/aromatic N) is 3. The number of ether oxygens (including phenoxy) is 1. The average Bonchev–Trinajstić information content (AvgIpc) is 3.33. The standard InChI is InChI=1S/C26H23F3N4O2/c1-16(34)25(2,3)15-35-19-9-6-17(7-10-19)21-11-8-18(13-31-21)24-32-14-22(33-24)23-20(26(27,28)29)5-4-12-30-23/h4-14,34H,1,15H2,2-3H3,(H,32,33). The largest absolute Gasteiger partial charge is 0.512 e. The molecule has 0 radical (unpaired) electrons. The number of rotatable bonds is 7. The van der Waals surface area contributed by atoms with Crippen molar-refractivity contribution in [2.45, 2.75) is 20.0 Å². The smallest absolute Gasteiger partial charge is 0.418 e.